The molecular formula is C18H22FN3O. The molecule has 0 radical (unpaired) electrons. The molecule has 23 heavy (non-hydrogen) atoms. The zero-order valence-corrected chi connectivity index (χ0v) is 14.1. The van der Waals surface area contributed by atoms with E-state index in [4.69, 9.17) is 4.98 Å². The van der Waals surface area contributed by atoms with Crippen molar-refractivity contribution in [2.24, 2.45) is 7.05 Å². The van der Waals surface area contributed by atoms with E-state index >= 15 is 0 Å². The van der Waals surface area contributed by atoms with Crippen LogP contribution in [0.5, 0.6) is 0 Å². The van der Waals surface area contributed by atoms with Crippen LogP contribution in [0.3, 0.4) is 0 Å². The molecule has 0 aliphatic carbocycles. The third-order valence-corrected chi connectivity index (χ3v) is 4.49. The van der Waals surface area contributed by atoms with Crippen molar-refractivity contribution in [3.8, 4) is 0 Å². The zero-order valence-electron chi connectivity index (χ0n) is 14.1. The lowest BCUT2D eigenvalue weighted by molar-refractivity contribution is 0.101. The lowest BCUT2D eigenvalue weighted by Crippen LogP contribution is -2.32. The predicted molar refractivity (Wildman–Crippen MR) is 88.5 cm³/mol. The molecule has 3 rings (SSSR count). The van der Waals surface area contributed by atoms with E-state index in [1.165, 1.54) is 18.7 Å². The van der Waals surface area contributed by atoms with Crippen molar-refractivity contribution in [3.05, 3.63) is 46.8 Å². The Bertz CT molecular complexity index is 764. The second kappa shape index (κ2) is 5.80. The molecule has 0 bridgehead atoms. The first kappa shape index (κ1) is 15.7. The monoisotopic (exact) mass is 315 g/mol. The number of rotatable bonds is 3. The Balaban J connectivity index is 1.99. The number of nitrogens with zero attached hydrogens (tertiary/aromatic N) is 3. The van der Waals surface area contributed by atoms with Crippen LogP contribution in [0.25, 0.3) is 0 Å². The smallest absolute Gasteiger partial charge is 0.164 e. The van der Waals surface area contributed by atoms with Crippen molar-refractivity contribution in [2.75, 3.05) is 11.4 Å². The van der Waals surface area contributed by atoms with Crippen LogP contribution in [0.1, 0.15) is 54.3 Å². The first-order valence-corrected chi connectivity index (χ1v) is 7.99. The van der Waals surface area contributed by atoms with Gasteiger partial charge in [-0.25, -0.2) is 9.37 Å². The largest absolute Gasteiger partial charge is 0.364 e. The summed E-state index contributed by atoms with van der Waals surface area (Å²) in [6, 6.07) is 4.81. The maximum Gasteiger partial charge on any atom is 0.164 e. The van der Waals surface area contributed by atoms with Gasteiger partial charge in [-0.15, -0.1) is 0 Å². The molecule has 1 aliphatic rings. The fourth-order valence-electron chi connectivity index (χ4n) is 3.40. The molecule has 0 saturated heterocycles. The number of hydrogen-bond acceptors (Lipinski definition) is 3. The minimum atomic E-state index is -0.454. The number of fused-ring (bicyclic) bond motifs is 1. The number of imidazole rings is 1. The second-order valence-electron chi connectivity index (χ2n) is 6.44. The Kier molecular flexibility index (Phi) is 3.96. The molecule has 0 unspecified atom stereocenters. The highest BCUT2D eigenvalue weighted by molar-refractivity contribution is 6.00. The van der Waals surface area contributed by atoms with E-state index in [9.17, 15) is 9.18 Å². The number of carbonyl (C=O) groups excluding carboxylic acids is 1. The quantitative estimate of drug-likeness (QED) is 0.814. The minimum Gasteiger partial charge on any atom is -0.364 e. The molecule has 0 fully saturated rings. The van der Waals surface area contributed by atoms with Gasteiger partial charge in [0.25, 0.3) is 0 Å². The first-order valence-electron chi connectivity index (χ1n) is 7.99. The van der Waals surface area contributed by atoms with Gasteiger partial charge in [-0.05, 0) is 19.1 Å². The maximum atomic E-state index is 14.1. The average Bonchev–Trinajstić information content (AvgIpc) is 2.83. The second-order valence-corrected chi connectivity index (χ2v) is 6.44. The van der Waals surface area contributed by atoms with Gasteiger partial charge in [0, 0.05) is 31.6 Å². The standard InChI is InChI=1S/C18H22FN3O/c1-11(2)18-20-14-10-22(9-8-15(14)21(18)4)16-7-5-6-13(19)17(16)12(3)23/h5-7,11H,8-10H2,1-4H3. The van der Waals surface area contributed by atoms with Crippen molar-refractivity contribution in [2.45, 2.75) is 39.7 Å². The van der Waals surface area contributed by atoms with Crippen LogP contribution in [-0.2, 0) is 20.0 Å². The van der Waals surface area contributed by atoms with E-state index in [0.717, 1.165) is 24.5 Å². The highest BCUT2D eigenvalue weighted by Gasteiger charge is 2.26. The van der Waals surface area contributed by atoms with E-state index < -0.39 is 5.82 Å². The van der Waals surface area contributed by atoms with Gasteiger partial charge in [0.15, 0.2) is 5.78 Å². The molecule has 122 valence electrons. The topological polar surface area (TPSA) is 38.1 Å². The van der Waals surface area contributed by atoms with Crippen LogP contribution in [-0.4, -0.2) is 21.9 Å². The molecule has 2 heterocycles. The normalized spacial score (nSPS) is 14.3. The van der Waals surface area contributed by atoms with Crippen LogP contribution in [0.4, 0.5) is 10.1 Å². The van der Waals surface area contributed by atoms with Gasteiger partial charge in [0.2, 0.25) is 0 Å². The lowest BCUT2D eigenvalue weighted by atomic mass is 10.0. The lowest BCUT2D eigenvalue weighted by Gasteiger charge is -2.30. The fourth-order valence-corrected chi connectivity index (χ4v) is 3.40. The number of anilines is 1. The fraction of sp³-hybridized carbons (Fsp3) is 0.444. The molecule has 1 aliphatic heterocycles. The van der Waals surface area contributed by atoms with Crippen LogP contribution >= 0.6 is 0 Å². The molecule has 0 N–H and O–H groups in total. The van der Waals surface area contributed by atoms with E-state index in [1.54, 1.807) is 6.07 Å². The summed E-state index contributed by atoms with van der Waals surface area (Å²) >= 11 is 0. The number of carbonyl (C=O) groups is 1. The number of ketones is 1. The minimum absolute atomic E-state index is 0.177. The number of halogens is 1. The SMILES string of the molecule is CC(=O)c1c(F)cccc1N1CCc2c(nc(C(C)C)n2C)C1. The van der Waals surface area contributed by atoms with E-state index in [0.29, 0.717) is 18.2 Å². The van der Waals surface area contributed by atoms with Crippen molar-refractivity contribution < 1.29 is 9.18 Å². The first-order chi connectivity index (χ1) is 10.9. The van der Waals surface area contributed by atoms with Crippen molar-refractivity contribution >= 4 is 11.5 Å². The predicted octanol–water partition coefficient (Wildman–Crippen LogP) is 3.45. The highest BCUT2D eigenvalue weighted by Crippen LogP contribution is 2.30. The molecule has 0 spiro atoms. The molecule has 0 saturated carbocycles. The van der Waals surface area contributed by atoms with Crippen LogP contribution < -0.4 is 4.90 Å². The van der Waals surface area contributed by atoms with E-state index in [2.05, 4.69) is 30.4 Å². The van der Waals surface area contributed by atoms with Gasteiger partial charge in [0.1, 0.15) is 11.6 Å². The summed E-state index contributed by atoms with van der Waals surface area (Å²) in [6.07, 6.45) is 0.847. The Hall–Kier alpha value is -2.17. The summed E-state index contributed by atoms with van der Waals surface area (Å²) in [5, 5.41) is 0. The number of hydrogen-bond donors (Lipinski definition) is 0. The molecule has 0 amide bonds. The molecule has 2 aromatic rings. The highest BCUT2D eigenvalue weighted by atomic mass is 19.1. The summed E-state index contributed by atoms with van der Waals surface area (Å²) in [6.45, 7) is 7.04. The van der Waals surface area contributed by atoms with Gasteiger partial charge >= 0.3 is 0 Å². The van der Waals surface area contributed by atoms with Gasteiger partial charge < -0.3 is 9.47 Å². The number of benzene rings is 1. The molecule has 1 aromatic carbocycles. The van der Waals surface area contributed by atoms with E-state index in [1.807, 2.05) is 6.07 Å². The zero-order chi connectivity index (χ0) is 16.7. The molecule has 1 aromatic heterocycles. The van der Waals surface area contributed by atoms with E-state index in [-0.39, 0.29) is 11.3 Å². The van der Waals surface area contributed by atoms with Crippen molar-refractivity contribution in [3.63, 3.8) is 0 Å². The molecule has 5 heteroatoms. The molecule has 0 atom stereocenters. The van der Waals surface area contributed by atoms with Crippen molar-refractivity contribution in [1.29, 1.82) is 0 Å². The molecular weight excluding hydrogens is 293 g/mol. The summed E-state index contributed by atoms with van der Waals surface area (Å²) in [5.41, 5.74) is 3.11. The molecule has 4 nitrogen and oxygen atoms in total. The summed E-state index contributed by atoms with van der Waals surface area (Å²) < 4.78 is 16.2. The third kappa shape index (κ3) is 2.64. The number of Topliss-reactive ketones (excluding diaryl/α,β-unsaturated/α-hetero) is 1. The van der Waals surface area contributed by atoms with Crippen LogP contribution in [0.2, 0.25) is 0 Å². The van der Waals surface area contributed by atoms with Crippen LogP contribution in [0, 0.1) is 5.82 Å². The van der Waals surface area contributed by atoms with Crippen molar-refractivity contribution in [1.82, 2.24) is 9.55 Å². The Labute approximate surface area is 135 Å². The Morgan fingerprint density at radius 1 is 1.35 bits per heavy atom. The van der Waals surface area contributed by atoms with Crippen LogP contribution in [0.15, 0.2) is 18.2 Å². The average molecular weight is 315 g/mol. The summed E-state index contributed by atoms with van der Waals surface area (Å²) in [7, 11) is 2.06. The van der Waals surface area contributed by atoms with Gasteiger partial charge in [-0.3, -0.25) is 4.79 Å². The van der Waals surface area contributed by atoms with Gasteiger partial charge in [-0.1, -0.05) is 19.9 Å². The third-order valence-electron chi connectivity index (χ3n) is 4.49. The summed E-state index contributed by atoms with van der Waals surface area (Å²) in [5.74, 6) is 0.737. The van der Waals surface area contributed by atoms with Gasteiger partial charge in [0.05, 0.1) is 23.5 Å². The summed E-state index contributed by atoms with van der Waals surface area (Å²) in [4.78, 5) is 18.7. The van der Waals surface area contributed by atoms with Gasteiger partial charge in [-0.2, -0.15) is 0 Å². The Morgan fingerprint density at radius 3 is 2.74 bits per heavy atom. The number of aromatic nitrogens is 2. The maximum absolute atomic E-state index is 14.1. The Morgan fingerprint density at radius 2 is 2.09 bits per heavy atom.